The van der Waals surface area contributed by atoms with Crippen molar-refractivity contribution >= 4 is 26.0 Å². The summed E-state index contributed by atoms with van der Waals surface area (Å²) in [4.78, 5) is -0.0739. The standard InChI is InChI=1S/C11H13BrF3NO4S/c12-9-6-8(21(16,17)18)2-3-10(9)20-5-1-4-19-7-11(13,14)15/h2-3,6H,1,4-5,7H2,(H2,16,17,18). The van der Waals surface area contributed by atoms with E-state index in [0.29, 0.717) is 10.2 Å². The zero-order chi connectivity index (χ0) is 16.1. The summed E-state index contributed by atoms with van der Waals surface area (Å²) in [7, 11) is -3.80. The van der Waals surface area contributed by atoms with Crippen molar-refractivity contribution in [3.8, 4) is 5.75 Å². The van der Waals surface area contributed by atoms with Gasteiger partial charge in [-0.05, 0) is 34.1 Å². The molecule has 1 aromatic carbocycles. The van der Waals surface area contributed by atoms with Gasteiger partial charge in [0, 0.05) is 6.42 Å². The molecule has 21 heavy (non-hydrogen) atoms. The molecule has 0 aliphatic carbocycles. The summed E-state index contributed by atoms with van der Waals surface area (Å²) in [6.45, 7) is -1.25. The van der Waals surface area contributed by atoms with Crippen LogP contribution in [0, 0.1) is 0 Å². The van der Waals surface area contributed by atoms with Crippen molar-refractivity contribution in [1.29, 1.82) is 0 Å². The Morgan fingerprint density at radius 2 is 1.90 bits per heavy atom. The highest BCUT2D eigenvalue weighted by atomic mass is 79.9. The van der Waals surface area contributed by atoms with Crippen LogP contribution in [0.2, 0.25) is 0 Å². The molecule has 2 N–H and O–H groups in total. The van der Waals surface area contributed by atoms with E-state index in [9.17, 15) is 21.6 Å². The molecule has 0 bridgehead atoms. The lowest BCUT2D eigenvalue weighted by molar-refractivity contribution is -0.174. The third-order valence-corrected chi connectivity index (χ3v) is 3.72. The maximum atomic E-state index is 11.8. The van der Waals surface area contributed by atoms with E-state index in [1.165, 1.54) is 18.2 Å². The lowest BCUT2D eigenvalue weighted by Gasteiger charge is -2.10. The van der Waals surface area contributed by atoms with Crippen LogP contribution in [0.5, 0.6) is 5.75 Å². The van der Waals surface area contributed by atoms with Gasteiger partial charge >= 0.3 is 6.18 Å². The van der Waals surface area contributed by atoms with Crippen LogP contribution < -0.4 is 9.88 Å². The summed E-state index contributed by atoms with van der Waals surface area (Å²) < 4.78 is 67.7. The second-order valence-electron chi connectivity index (χ2n) is 4.01. The normalized spacial score (nSPS) is 12.4. The maximum absolute atomic E-state index is 11.8. The van der Waals surface area contributed by atoms with Crippen LogP contribution in [0.4, 0.5) is 13.2 Å². The summed E-state index contributed by atoms with van der Waals surface area (Å²) in [5.41, 5.74) is 0. The van der Waals surface area contributed by atoms with Gasteiger partial charge in [0.05, 0.1) is 22.6 Å². The SMILES string of the molecule is NS(=O)(=O)c1ccc(OCCCOCC(F)(F)F)c(Br)c1. The molecule has 0 fully saturated rings. The first kappa shape index (κ1) is 18.2. The molecular formula is C11H13BrF3NO4S. The third-order valence-electron chi connectivity index (χ3n) is 2.19. The largest absolute Gasteiger partial charge is 0.492 e. The fraction of sp³-hybridized carbons (Fsp3) is 0.455. The van der Waals surface area contributed by atoms with Crippen LogP contribution in [0.3, 0.4) is 0 Å². The molecule has 120 valence electrons. The molecule has 0 spiro atoms. The van der Waals surface area contributed by atoms with E-state index in [1.807, 2.05) is 0 Å². The Morgan fingerprint density at radius 3 is 2.43 bits per heavy atom. The highest BCUT2D eigenvalue weighted by Gasteiger charge is 2.27. The average Bonchev–Trinajstić information content (AvgIpc) is 2.32. The number of alkyl halides is 3. The Hall–Kier alpha value is -0.840. The number of hydrogen-bond donors (Lipinski definition) is 1. The first-order valence-corrected chi connectivity index (χ1v) is 8.03. The van der Waals surface area contributed by atoms with Gasteiger partial charge in [0.25, 0.3) is 0 Å². The molecule has 0 aromatic heterocycles. The highest BCUT2D eigenvalue weighted by molar-refractivity contribution is 9.10. The predicted octanol–water partition coefficient (Wildman–Crippen LogP) is 2.44. The first-order valence-electron chi connectivity index (χ1n) is 5.69. The van der Waals surface area contributed by atoms with Gasteiger partial charge in [-0.25, -0.2) is 13.6 Å². The number of ether oxygens (including phenoxy) is 2. The molecule has 0 amide bonds. The lowest BCUT2D eigenvalue weighted by atomic mass is 10.3. The summed E-state index contributed by atoms with van der Waals surface area (Å²) in [6.07, 6.45) is -4.08. The van der Waals surface area contributed by atoms with Crippen molar-refractivity contribution in [2.75, 3.05) is 19.8 Å². The van der Waals surface area contributed by atoms with Crippen LogP contribution in [0.15, 0.2) is 27.6 Å². The molecule has 0 atom stereocenters. The highest BCUT2D eigenvalue weighted by Crippen LogP contribution is 2.27. The molecule has 0 aliphatic heterocycles. The van der Waals surface area contributed by atoms with E-state index in [-0.39, 0.29) is 24.5 Å². The third kappa shape index (κ3) is 7.11. The van der Waals surface area contributed by atoms with E-state index >= 15 is 0 Å². The van der Waals surface area contributed by atoms with Gasteiger partial charge in [-0.15, -0.1) is 0 Å². The number of hydrogen-bond acceptors (Lipinski definition) is 4. The number of rotatable bonds is 7. The van der Waals surface area contributed by atoms with Crippen molar-refractivity contribution in [3.63, 3.8) is 0 Å². The molecule has 0 saturated heterocycles. The number of sulfonamides is 1. The quantitative estimate of drug-likeness (QED) is 0.724. The van der Waals surface area contributed by atoms with E-state index in [0.717, 1.165) is 0 Å². The van der Waals surface area contributed by atoms with Gasteiger partial charge in [-0.2, -0.15) is 13.2 Å². The second kappa shape index (κ2) is 7.43. The Morgan fingerprint density at radius 1 is 1.24 bits per heavy atom. The number of primary sulfonamides is 1. The Balaban J connectivity index is 2.40. The Labute approximate surface area is 128 Å². The van der Waals surface area contributed by atoms with Crippen molar-refractivity contribution in [2.45, 2.75) is 17.5 Å². The summed E-state index contributed by atoms with van der Waals surface area (Å²) in [5, 5.41) is 4.97. The van der Waals surface area contributed by atoms with Gasteiger partial charge in [0.15, 0.2) is 0 Å². The number of benzene rings is 1. The molecule has 0 radical (unpaired) electrons. The van der Waals surface area contributed by atoms with E-state index in [1.54, 1.807) is 0 Å². The number of nitrogens with two attached hydrogens (primary N) is 1. The van der Waals surface area contributed by atoms with Crippen molar-refractivity contribution in [3.05, 3.63) is 22.7 Å². The van der Waals surface area contributed by atoms with Gasteiger partial charge in [-0.1, -0.05) is 0 Å². The average molecular weight is 392 g/mol. The summed E-state index contributed by atoms with van der Waals surface area (Å²) in [5.74, 6) is 0.359. The van der Waals surface area contributed by atoms with Crippen LogP contribution >= 0.6 is 15.9 Å². The van der Waals surface area contributed by atoms with Gasteiger partial charge in [0.1, 0.15) is 12.4 Å². The van der Waals surface area contributed by atoms with E-state index in [4.69, 9.17) is 9.88 Å². The topological polar surface area (TPSA) is 78.6 Å². The van der Waals surface area contributed by atoms with Crippen LogP contribution in [0.25, 0.3) is 0 Å². The van der Waals surface area contributed by atoms with E-state index in [2.05, 4.69) is 20.7 Å². The fourth-order valence-electron chi connectivity index (χ4n) is 1.31. The van der Waals surface area contributed by atoms with Crippen LogP contribution in [-0.2, 0) is 14.8 Å². The van der Waals surface area contributed by atoms with Crippen molar-refractivity contribution < 1.29 is 31.1 Å². The Bertz CT molecular complexity index is 577. The first-order chi connectivity index (χ1) is 9.59. The van der Waals surface area contributed by atoms with Crippen LogP contribution in [-0.4, -0.2) is 34.4 Å². The van der Waals surface area contributed by atoms with Crippen molar-refractivity contribution in [2.24, 2.45) is 5.14 Å². The zero-order valence-corrected chi connectivity index (χ0v) is 13.1. The minimum absolute atomic E-state index is 0.0739. The summed E-state index contributed by atoms with van der Waals surface area (Å²) in [6, 6.07) is 3.96. The molecule has 0 aliphatic rings. The molecule has 0 unspecified atom stereocenters. The molecule has 0 heterocycles. The zero-order valence-electron chi connectivity index (χ0n) is 10.7. The molecule has 0 saturated carbocycles. The van der Waals surface area contributed by atoms with Crippen molar-refractivity contribution in [1.82, 2.24) is 0 Å². The molecule has 10 heteroatoms. The monoisotopic (exact) mass is 391 g/mol. The molecular weight excluding hydrogens is 379 g/mol. The van der Waals surface area contributed by atoms with Gasteiger partial charge in [0.2, 0.25) is 10.0 Å². The predicted molar refractivity (Wildman–Crippen MR) is 72.5 cm³/mol. The van der Waals surface area contributed by atoms with Gasteiger partial charge < -0.3 is 9.47 Å². The second-order valence-corrected chi connectivity index (χ2v) is 6.42. The maximum Gasteiger partial charge on any atom is 0.411 e. The Kier molecular flexibility index (Phi) is 6.44. The number of halogens is 4. The molecule has 5 nitrogen and oxygen atoms in total. The smallest absolute Gasteiger partial charge is 0.411 e. The summed E-state index contributed by atoms with van der Waals surface area (Å²) >= 11 is 3.12. The minimum Gasteiger partial charge on any atom is -0.492 e. The van der Waals surface area contributed by atoms with Crippen LogP contribution in [0.1, 0.15) is 6.42 Å². The molecule has 1 aromatic rings. The van der Waals surface area contributed by atoms with E-state index < -0.39 is 22.8 Å². The fourth-order valence-corrected chi connectivity index (χ4v) is 2.49. The minimum atomic E-state index is -4.34. The van der Waals surface area contributed by atoms with Gasteiger partial charge in [-0.3, -0.25) is 0 Å². The molecule has 1 rings (SSSR count). The lowest BCUT2D eigenvalue weighted by Crippen LogP contribution is -2.18.